The van der Waals surface area contributed by atoms with Gasteiger partial charge in [0.15, 0.2) is 4.84 Å². The number of anilines is 1. The average Bonchev–Trinajstić information content (AvgIpc) is 2.24. The van der Waals surface area contributed by atoms with Crippen LogP contribution in [0.1, 0.15) is 18.9 Å². The highest BCUT2D eigenvalue weighted by molar-refractivity contribution is 6.54. The predicted molar refractivity (Wildman–Crippen MR) is 69.3 cm³/mol. The van der Waals surface area contributed by atoms with Crippen LogP contribution < -0.4 is 4.90 Å². The molecular weight excluding hydrogens is 245 g/mol. The number of amides is 1. The fraction of sp³-hybridized carbons (Fsp3) is 0.417. The molecule has 1 aromatic carbocycles. The van der Waals surface area contributed by atoms with E-state index in [9.17, 15) is 4.79 Å². The van der Waals surface area contributed by atoms with Gasteiger partial charge in [0.1, 0.15) is 0 Å². The zero-order valence-electron chi connectivity index (χ0n) is 9.41. The van der Waals surface area contributed by atoms with Gasteiger partial charge in [-0.15, -0.1) is 0 Å². The maximum absolute atomic E-state index is 11.8. The van der Waals surface area contributed by atoms with E-state index in [0.29, 0.717) is 6.54 Å². The van der Waals surface area contributed by atoms with Crippen LogP contribution in [0.3, 0.4) is 0 Å². The molecule has 1 rings (SSSR count). The van der Waals surface area contributed by atoms with E-state index in [0.717, 1.165) is 17.7 Å². The van der Waals surface area contributed by atoms with Crippen molar-refractivity contribution < 1.29 is 4.79 Å². The molecule has 16 heavy (non-hydrogen) atoms. The smallest absolute Gasteiger partial charge is 0.260 e. The van der Waals surface area contributed by atoms with Crippen LogP contribution in [0.5, 0.6) is 0 Å². The molecule has 0 atom stereocenters. The first-order valence-electron chi connectivity index (χ1n) is 5.22. The van der Waals surface area contributed by atoms with E-state index in [-0.39, 0.29) is 5.91 Å². The number of hydrogen-bond acceptors (Lipinski definition) is 1. The molecule has 0 aliphatic carbocycles. The quantitative estimate of drug-likeness (QED) is 0.758. The second-order valence-electron chi connectivity index (χ2n) is 3.63. The molecule has 0 bridgehead atoms. The number of carbonyl (C=O) groups excluding carboxylic acids is 1. The van der Waals surface area contributed by atoms with Crippen LogP contribution in [0.25, 0.3) is 0 Å². The Balaban J connectivity index is 2.97. The second-order valence-corrected chi connectivity index (χ2v) is 4.73. The van der Waals surface area contributed by atoms with Gasteiger partial charge < -0.3 is 4.90 Å². The summed E-state index contributed by atoms with van der Waals surface area (Å²) in [6.07, 6.45) is 0.861. The molecule has 0 saturated heterocycles. The Morgan fingerprint density at radius 3 is 2.62 bits per heavy atom. The summed E-state index contributed by atoms with van der Waals surface area (Å²) in [5.41, 5.74) is 1.95. The lowest BCUT2D eigenvalue weighted by Gasteiger charge is -2.23. The van der Waals surface area contributed by atoms with Crippen molar-refractivity contribution in [2.75, 3.05) is 11.4 Å². The lowest BCUT2D eigenvalue weighted by atomic mass is 10.2. The summed E-state index contributed by atoms with van der Waals surface area (Å²) >= 11 is 11.2. The van der Waals surface area contributed by atoms with Crippen LogP contribution >= 0.6 is 23.2 Å². The summed E-state index contributed by atoms with van der Waals surface area (Å²) in [6.45, 7) is 4.61. The third kappa shape index (κ3) is 3.39. The van der Waals surface area contributed by atoms with Gasteiger partial charge in [0.05, 0.1) is 0 Å². The number of nitrogens with zero attached hydrogens (tertiary/aromatic N) is 1. The molecule has 0 aliphatic heterocycles. The van der Waals surface area contributed by atoms with Crippen LogP contribution in [0, 0.1) is 6.92 Å². The number of benzene rings is 1. The van der Waals surface area contributed by atoms with E-state index in [1.165, 1.54) is 0 Å². The molecular formula is C12H15Cl2NO. The topological polar surface area (TPSA) is 20.3 Å². The van der Waals surface area contributed by atoms with Gasteiger partial charge in [0.25, 0.3) is 5.91 Å². The van der Waals surface area contributed by atoms with Crippen molar-refractivity contribution in [2.45, 2.75) is 25.1 Å². The minimum Gasteiger partial charge on any atom is -0.310 e. The van der Waals surface area contributed by atoms with E-state index in [4.69, 9.17) is 23.2 Å². The Labute approximate surface area is 106 Å². The van der Waals surface area contributed by atoms with Crippen LogP contribution in [0.2, 0.25) is 0 Å². The van der Waals surface area contributed by atoms with Gasteiger partial charge in [-0.25, -0.2) is 0 Å². The van der Waals surface area contributed by atoms with Crippen molar-refractivity contribution in [3.8, 4) is 0 Å². The van der Waals surface area contributed by atoms with E-state index in [1.54, 1.807) is 4.90 Å². The van der Waals surface area contributed by atoms with Gasteiger partial charge in [-0.1, -0.05) is 42.3 Å². The minimum atomic E-state index is -1.01. The Kier molecular flexibility index (Phi) is 5.10. The molecule has 0 unspecified atom stereocenters. The molecule has 0 aromatic heterocycles. The van der Waals surface area contributed by atoms with Gasteiger partial charge >= 0.3 is 0 Å². The molecule has 4 heteroatoms. The van der Waals surface area contributed by atoms with Crippen molar-refractivity contribution in [1.29, 1.82) is 0 Å². The van der Waals surface area contributed by atoms with Gasteiger partial charge in [-0.3, -0.25) is 4.79 Å². The van der Waals surface area contributed by atoms with Crippen molar-refractivity contribution in [2.24, 2.45) is 0 Å². The van der Waals surface area contributed by atoms with Gasteiger partial charge in [-0.2, -0.15) is 0 Å². The first-order chi connectivity index (χ1) is 7.56. The molecule has 0 N–H and O–H groups in total. The van der Waals surface area contributed by atoms with Gasteiger partial charge in [0.2, 0.25) is 0 Å². The third-order valence-electron chi connectivity index (χ3n) is 2.21. The van der Waals surface area contributed by atoms with E-state index in [2.05, 4.69) is 0 Å². The highest BCUT2D eigenvalue weighted by Crippen LogP contribution is 2.19. The van der Waals surface area contributed by atoms with Crippen molar-refractivity contribution in [3.05, 3.63) is 29.8 Å². The Morgan fingerprint density at radius 2 is 2.12 bits per heavy atom. The standard InChI is InChI=1S/C12H15Cl2NO/c1-3-7-15(12(16)11(13)14)10-6-4-5-9(2)8-10/h4-6,8,11H,3,7H2,1-2H3. The first kappa shape index (κ1) is 13.3. The zero-order valence-corrected chi connectivity index (χ0v) is 10.9. The van der Waals surface area contributed by atoms with E-state index < -0.39 is 4.84 Å². The zero-order chi connectivity index (χ0) is 12.1. The molecule has 1 amide bonds. The maximum Gasteiger partial charge on any atom is 0.260 e. The summed E-state index contributed by atoms with van der Waals surface area (Å²) < 4.78 is 0. The number of alkyl halides is 2. The van der Waals surface area contributed by atoms with E-state index in [1.807, 2.05) is 38.1 Å². The summed E-state index contributed by atoms with van der Waals surface area (Å²) in [5, 5.41) is 0. The molecule has 0 heterocycles. The number of carbonyl (C=O) groups is 1. The summed E-state index contributed by atoms with van der Waals surface area (Å²) in [6, 6.07) is 7.73. The molecule has 0 saturated carbocycles. The van der Waals surface area contributed by atoms with Crippen molar-refractivity contribution >= 4 is 34.8 Å². The fourth-order valence-corrected chi connectivity index (χ4v) is 1.74. The molecule has 0 fully saturated rings. The lowest BCUT2D eigenvalue weighted by molar-refractivity contribution is -0.117. The average molecular weight is 260 g/mol. The van der Waals surface area contributed by atoms with Gasteiger partial charge in [-0.05, 0) is 31.0 Å². The normalized spacial score (nSPS) is 10.6. The largest absolute Gasteiger partial charge is 0.310 e. The fourth-order valence-electron chi connectivity index (χ4n) is 1.50. The van der Waals surface area contributed by atoms with Crippen LogP contribution in [-0.4, -0.2) is 17.3 Å². The molecule has 2 nitrogen and oxygen atoms in total. The lowest BCUT2D eigenvalue weighted by Crippen LogP contribution is -2.35. The molecule has 0 aliphatic rings. The van der Waals surface area contributed by atoms with Crippen LogP contribution in [0.15, 0.2) is 24.3 Å². The molecule has 0 spiro atoms. The Hall–Kier alpha value is -0.730. The molecule has 88 valence electrons. The Bertz CT molecular complexity index is 366. The summed E-state index contributed by atoms with van der Waals surface area (Å²) in [4.78, 5) is 12.4. The first-order valence-corrected chi connectivity index (χ1v) is 6.09. The number of hydrogen-bond donors (Lipinski definition) is 0. The number of rotatable bonds is 4. The monoisotopic (exact) mass is 259 g/mol. The molecule has 0 radical (unpaired) electrons. The minimum absolute atomic E-state index is 0.268. The maximum atomic E-state index is 11.8. The summed E-state index contributed by atoms with van der Waals surface area (Å²) in [7, 11) is 0. The molecule has 1 aromatic rings. The van der Waals surface area contributed by atoms with Crippen LogP contribution in [-0.2, 0) is 4.79 Å². The van der Waals surface area contributed by atoms with Crippen molar-refractivity contribution in [1.82, 2.24) is 0 Å². The van der Waals surface area contributed by atoms with Crippen LogP contribution in [0.4, 0.5) is 5.69 Å². The highest BCUT2D eigenvalue weighted by Gasteiger charge is 2.20. The summed E-state index contributed by atoms with van der Waals surface area (Å²) in [5.74, 6) is -0.268. The second kappa shape index (κ2) is 6.12. The Morgan fingerprint density at radius 1 is 1.44 bits per heavy atom. The predicted octanol–water partition coefficient (Wildman–Crippen LogP) is 3.54. The third-order valence-corrected chi connectivity index (χ3v) is 2.59. The van der Waals surface area contributed by atoms with Gasteiger partial charge in [0, 0.05) is 12.2 Å². The number of halogens is 2. The highest BCUT2D eigenvalue weighted by atomic mass is 35.5. The number of aryl methyl sites for hydroxylation is 1. The van der Waals surface area contributed by atoms with Crippen molar-refractivity contribution in [3.63, 3.8) is 0 Å². The van der Waals surface area contributed by atoms with E-state index >= 15 is 0 Å². The SMILES string of the molecule is CCCN(C(=O)C(Cl)Cl)c1cccc(C)c1.